The van der Waals surface area contributed by atoms with Crippen molar-refractivity contribution in [1.29, 1.82) is 0 Å². The smallest absolute Gasteiger partial charge is 0.273 e. The van der Waals surface area contributed by atoms with Crippen LogP contribution in [0.2, 0.25) is 0 Å². The molecular formula is C22H16FN3O4. The van der Waals surface area contributed by atoms with Gasteiger partial charge in [-0.15, -0.1) is 0 Å². The first-order valence-electron chi connectivity index (χ1n) is 8.94. The largest absolute Gasteiger partial charge is 0.496 e. The molecule has 2 amide bonds. The van der Waals surface area contributed by atoms with Crippen LogP contribution in [0.25, 0.3) is 22.4 Å². The van der Waals surface area contributed by atoms with Crippen molar-refractivity contribution in [3.63, 3.8) is 0 Å². The molecular weight excluding hydrogens is 389 g/mol. The average molecular weight is 405 g/mol. The van der Waals surface area contributed by atoms with Gasteiger partial charge in [0.25, 0.3) is 11.8 Å². The highest BCUT2D eigenvalue weighted by Crippen LogP contribution is 2.25. The van der Waals surface area contributed by atoms with Crippen LogP contribution in [0.15, 0.2) is 71.3 Å². The Morgan fingerprint density at radius 2 is 1.73 bits per heavy atom. The minimum atomic E-state index is -0.718. The fourth-order valence-electron chi connectivity index (χ4n) is 3.02. The fraction of sp³-hybridized carbons (Fsp3) is 0.0455. The Kier molecular flexibility index (Phi) is 5.13. The van der Waals surface area contributed by atoms with Gasteiger partial charge in [-0.2, -0.15) is 0 Å². The standard InChI is InChI=1S/C22H16FN3O4/c1-29-19-9-8-13(23)11-16(19)22(28)26-25-21(27)15-12-18(20-7-4-10-30-20)24-17-6-3-2-5-14(15)17/h2-12H,1H3,(H,25,27)(H,26,28). The molecule has 0 aliphatic heterocycles. The van der Waals surface area contributed by atoms with Gasteiger partial charge in [0.05, 0.1) is 30.0 Å². The van der Waals surface area contributed by atoms with Gasteiger partial charge in [-0.3, -0.25) is 20.4 Å². The maximum Gasteiger partial charge on any atom is 0.273 e. The Morgan fingerprint density at radius 1 is 0.967 bits per heavy atom. The predicted molar refractivity (Wildman–Crippen MR) is 107 cm³/mol. The van der Waals surface area contributed by atoms with Crippen LogP contribution in [0.4, 0.5) is 4.39 Å². The van der Waals surface area contributed by atoms with Gasteiger partial charge >= 0.3 is 0 Å². The topological polar surface area (TPSA) is 93.5 Å². The van der Waals surface area contributed by atoms with E-state index in [4.69, 9.17) is 9.15 Å². The molecule has 4 aromatic rings. The lowest BCUT2D eigenvalue weighted by Gasteiger charge is -2.12. The van der Waals surface area contributed by atoms with Crippen molar-refractivity contribution in [3.05, 3.63) is 83.9 Å². The number of furan rings is 1. The highest BCUT2D eigenvalue weighted by Gasteiger charge is 2.18. The fourth-order valence-corrected chi connectivity index (χ4v) is 3.02. The Morgan fingerprint density at radius 3 is 2.47 bits per heavy atom. The minimum Gasteiger partial charge on any atom is -0.496 e. The minimum absolute atomic E-state index is 0.0475. The quantitative estimate of drug-likeness (QED) is 0.505. The molecule has 8 heteroatoms. The number of carbonyl (C=O) groups excluding carboxylic acids is 2. The van der Waals surface area contributed by atoms with Crippen LogP contribution < -0.4 is 15.6 Å². The summed E-state index contributed by atoms with van der Waals surface area (Å²) >= 11 is 0. The highest BCUT2D eigenvalue weighted by molar-refractivity contribution is 6.08. The number of ether oxygens (including phenoxy) is 1. The van der Waals surface area contributed by atoms with Gasteiger partial charge in [-0.25, -0.2) is 9.37 Å². The third-order valence-electron chi connectivity index (χ3n) is 4.43. The lowest BCUT2D eigenvalue weighted by atomic mass is 10.1. The molecule has 0 unspecified atom stereocenters. The van der Waals surface area contributed by atoms with Crippen molar-refractivity contribution in [2.45, 2.75) is 0 Å². The Labute approximate surface area is 170 Å². The summed E-state index contributed by atoms with van der Waals surface area (Å²) in [5.41, 5.74) is 5.96. The molecule has 0 atom stereocenters. The zero-order valence-corrected chi connectivity index (χ0v) is 15.8. The third-order valence-corrected chi connectivity index (χ3v) is 4.43. The molecule has 30 heavy (non-hydrogen) atoms. The number of nitrogens with zero attached hydrogens (tertiary/aromatic N) is 1. The molecule has 2 aromatic carbocycles. The van der Waals surface area contributed by atoms with Crippen LogP contribution in [0, 0.1) is 5.82 Å². The lowest BCUT2D eigenvalue weighted by molar-refractivity contribution is 0.0845. The van der Waals surface area contributed by atoms with E-state index in [0.717, 1.165) is 6.07 Å². The van der Waals surface area contributed by atoms with Crippen LogP contribution in [-0.2, 0) is 0 Å². The second kappa shape index (κ2) is 8.04. The molecule has 150 valence electrons. The molecule has 2 N–H and O–H groups in total. The molecule has 0 spiro atoms. The number of amides is 2. The van der Waals surface area contributed by atoms with Gasteiger partial charge in [-0.1, -0.05) is 18.2 Å². The van der Waals surface area contributed by atoms with Crippen molar-refractivity contribution in [2.75, 3.05) is 7.11 Å². The van der Waals surface area contributed by atoms with E-state index in [-0.39, 0.29) is 11.3 Å². The van der Waals surface area contributed by atoms with Crippen molar-refractivity contribution < 1.29 is 23.1 Å². The molecule has 0 fully saturated rings. The summed E-state index contributed by atoms with van der Waals surface area (Å²) in [6, 6.07) is 15.7. The monoisotopic (exact) mass is 405 g/mol. The molecule has 0 aliphatic rings. The highest BCUT2D eigenvalue weighted by atomic mass is 19.1. The van der Waals surface area contributed by atoms with E-state index < -0.39 is 17.6 Å². The normalized spacial score (nSPS) is 10.6. The second-order valence-electron chi connectivity index (χ2n) is 6.30. The predicted octanol–water partition coefficient (Wildman–Crippen LogP) is 3.72. The zero-order valence-electron chi connectivity index (χ0n) is 15.8. The molecule has 2 heterocycles. The number of benzene rings is 2. The van der Waals surface area contributed by atoms with Gasteiger partial charge in [-0.05, 0) is 42.5 Å². The number of methoxy groups -OCH3 is 1. The van der Waals surface area contributed by atoms with Gasteiger partial charge in [0.2, 0.25) is 0 Å². The summed E-state index contributed by atoms with van der Waals surface area (Å²) < 4.78 is 24.0. The van der Waals surface area contributed by atoms with Crippen molar-refractivity contribution >= 4 is 22.7 Å². The van der Waals surface area contributed by atoms with E-state index in [0.29, 0.717) is 27.9 Å². The maximum absolute atomic E-state index is 13.5. The number of hydrazine groups is 1. The first kappa shape index (κ1) is 19.1. The van der Waals surface area contributed by atoms with E-state index in [1.54, 1.807) is 42.5 Å². The van der Waals surface area contributed by atoms with E-state index in [1.165, 1.54) is 25.5 Å². The molecule has 7 nitrogen and oxygen atoms in total. The van der Waals surface area contributed by atoms with Crippen LogP contribution in [0.5, 0.6) is 5.75 Å². The van der Waals surface area contributed by atoms with Crippen LogP contribution in [0.3, 0.4) is 0 Å². The van der Waals surface area contributed by atoms with E-state index in [9.17, 15) is 14.0 Å². The first-order valence-corrected chi connectivity index (χ1v) is 8.94. The summed E-state index contributed by atoms with van der Waals surface area (Å²) in [5.74, 6) is -1.20. The molecule has 4 rings (SSSR count). The molecule has 2 aromatic heterocycles. The molecule has 0 bridgehead atoms. The Hall–Kier alpha value is -4.20. The summed E-state index contributed by atoms with van der Waals surface area (Å²) in [4.78, 5) is 29.8. The first-order chi connectivity index (χ1) is 14.6. The van der Waals surface area contributed by atoms with Gasteiger partial charge < -0.3 is 9.15 Å². The van der Waals surface area contributed by atoms with Gasteiger partial charge in [0.1, 0.15) is 17.3 Å². The number of rotatable bonds is 4. The second-order valence-corrected chi connectivity index (χ2v) is 6.30. The molecule has 0 aliphatic carbocycles. The lowest BCUT2D eigenvalue weighted by Crippen LogP contribution is -2.41. The summed E-state index contributed by atoms with van der Waals surface area (Å²) in [6.07, 6.45) is 1.51. The van der Waals surface area contributed by atoms with Crippen molar-refractivity contribution in [2.24, 2.45) is 0 Å². The number of aromatic nitrogens is 1. The van der Waals surface area contributed by atoms with E-state index in [2.05, 4.69) is 15.8 Å². The Balaban J connectivity index is 1.62. The zero-order chi connectivity index (χ0) is 21.1. The average Bonchev–Trinajstić information content (AvgIpc) is 3.31. The van der Waals surface area contributed by atoms with Gasteiger partial charge in [0, 0.05) is 5.39 Å². The van der Waals surface area contributed by atoms with E-state index in [1.807, 2.05) is 0 Å². The SMILES string of the molecule is COc1ccc(F)cc1C(=O)NNC(=O)c1cc(-c2ccco2)nc2ccccc12. The van der Waals surface area contributed by atoms with Crippen molar-refractivity contribution in [1.82, 2.24) is 15.8 Å². The van der Waals surface area contributed by atoms with Crippen LogP contribution in [0.1, 0.15) is 20.7 Å². The number of hydrogen-bond donors (Lipinski definition) is 2. The number of para-hydroxylation sites is 1. The number of fused-ring (bicyclic) bond motifs is 1. The number of carbonyl (C=O) groups is 2. The molecule has 0 radical (unpaired) electrons. The summed E-state index contributed by atoms with van der Waals surface area (Å²) in [7, 11) is 1.36. The number of nitrogens with one attached hydrogen (secondary N) is 2. The number of pyridine rings is 1. The van der Waals surface area contributed by atoms with Crippen LogP contribution >= 0.6 is 0 Å². The summed E-state index contributed by atoms with van der Waals surface area (Å²) in [6.45, 7) is 0. The van der Waals surface area contributed by atoms with Crippen LogP contribution in [-0.4, -0.2) is 23.9 Å². The summed E-state index contributed by atoms with van der Waals surface area (Å²) in [5, 5.41) is 0.600. The van der Waals surface area contributed by atoms with Gasteiger partial charge in [0.15, 0.2) is 5.76 Å². The Bertz CT molecular complexity index is 1240. The number of hydrogen-bond acceptors (Lipinski definition) is 5. The number of halogens is 1. The van der Waals surface area contributed by atoms with E-state index >= 15 is 0 Å². The van der Waals surface area contributed by atoms with Crippen molar-refractivity contribution in [3.8, 4) is 17.2 Å². The molecule has 0 saturated carbocycles. The maximum atomic E-state index is 13.5. The third kappa shape index (κ3) is 3.70. The molecule has 0 saturated heterocycles.